The highest BCUT2D eigenvalue weighted by Crippen LogP contribution is 2.35. The number of anilines is 1. The van der Waals surface area contributed by atoms with Gasteiger partial charge in [0, 0.05) is 46.9 Å². The summed E-state index contributed by atoms with van der Waals surface area (Å²) in [5, 5.41) is 3.10. The molecule has 0 spiro atoms. The number of hydrogen-bond acceptors (Lipinski definition) is 5. The summed E-state index contributed by atoms with van der Waals surface area (Å²) in [4.78, 5) is 24.8. The second-order valence-corrected chi connectivity index (χ2v) is 9.37. The molecule has 1 amide bonds. The Hall–Kier alpha value is -3.69. The number of carbonyl (C=O) groups is 1. The molecular formula is C25H26F3N5O2. The number of aromatic nitrogens is 4. The Morgan fingerprint density at radius 2 is 1.83 bits per heavy atom. The third kappa shape index (κ3) is 5.21. The summed E-state index contributed by atoms with van der Waals surface area (Å²) >= 11 is 0. The van der Waals surface area contributed by atoms with E-state index in [9.17, 15) is 18.0 Å². The van der Waals surface area contributed by atoms with Crippen LogP contribution in [0.15, 0.2) is 36.8 Å². The van der Waals surface area contributed by atoms with Crippen LogP contribution < -0.4 is 5.32 Å². The number of imidazole rings is 1. The van der Waals surface area contributed by atoms with Crippen molar-refractivity contribution in [3.8, 4) is 11.1 Å². The van der Waals surface area contributed by atoms with Gasteiger partial charge in [-0.25, -0.2) is 14.8 Å². The molecule has 0 aliphatic rings. The molecule has 0 saturated carbocycles. The molecule has 0 fully saturated rings. The number of amides is 1. The topological polar surface area (TPSA) is 81.4 Å². The molecule has 0 saturated heterocycles. The van der Waals surface area contributed by atoms with Crippen LogP contribution in [0.25, 0.3) is 27.7 Å². The van der Waals surface area contributed by atoms with Gasteiger partial charge in [-0.15, -0.1) is 0 Å². The SMILES string of the molecule is CCCc1cc(C)c(-c2cc3cnc(NC(=O)OC(C)(C)C)cc3n3cc(C(F)(F)F)nc23)cn1. The number of ether oxygens (including phenoxy) is 1. The lowest BCUT2D eigenvalue weighted by Crippen LogP contribution is -2.27. The summed E-state index contributed by atoms with van der Waals surface area (Å²) in [5.41, 5.74) is 1.81. The van der Waals surface area contributed by atoms with E-state index in [4.69, 9.17) is 4.74 Å². The molecule has 0 unspecified atom stereocenters. The van der Waals surface area contributed by atoms with Crippen LogP contribution in [0.2, 0.25) is 0 Å². The fourth-order valence-electron chi connectivity index (χ4n) is 3.85. The van der Waals surface area contributed by atoms with E-state index in [1.807, 2.05) is 13.0 Å². The first-order valence-electron chi connectivity index (χ1n) is 11.2. The molecule has 0 aliphatic carbocycles. The zero-order valence-corrected chi connectivity index (χ0v) is 20.1. The molecule has 35 heavy (non-hydrogen) atoms. The lowest BCUT2D eigenvalue weighted by atomic mass is 10.0. The van der Waals surface area contributed by atoms with E-state index >= 15 is 0 Å². The van der Waals surface area contributed by atoms with Crippen LogP contribution in [0.1, 0.15) is 51.1 Å². The molecule has 0 aromatic carbocycles. The maximum Gasteiger partial charge on any atom is 0.434 e. The fraction of sp³-hybridized carbons (Fsp3) is 0.360. The van der Waals surface area contributed by atoms with Gasteiger partial charge in [0.15, 0.2) is 5.69 Å². The van der Waals surface area contributed by atoms with Crippen molar-refractivity contribution in [2.45, 2.75) is 59.2 Å². The summed E-state index contributed by atoms with van der Waals surface area (Å²) < 4.78 is 47.4. The Labute approximate surface area is 200 Å². The van der Waals surface area contributed by atoms with Crippen molar-refractivity contribution in [3.05, 3.63) is 53.7 Å². The zero-order chi connectivity index (χ0) is 25.5. The molecule has 4 aromatic heterocycles. The Bertz CT molecular complexity index is 1420. The number of nitrogens with one attached hydrogen (secondary N) is 1. The van der Waals surface area contributed by atoms with E-state index in [1.165, 1.54) is 16.7 Å². The lowest BCUT2D eigenvalue weighted by Gasteiger charge is -2.19. The molecule has 7 nitrogen and oxygen atoms in total. The van der Waals surface area contributed by atoms with E-state index in [-0.39, 0.29) is 11.5 Å². The molecule has 1 N–H and O–H groups in total. The van der Waals surface area contributed by atoms with Gasteiger partial charge >= 0.3 is 12.3 Å². The van der Waals surface area contributed by atoms with Gasteiger partial charge in [-0.2, -0.15) is 13.2 Å². The number of halogens is 3. The van der Waals surface area contributed by atoms with E-state index < -0.39 is 23.6 Å². The predicted molar refractivity (Wildman–Crippen MR) is 127 cm³/mol. The molecular weight excluding hydrogens is 459 g/mol. The maximum atomic E-state index is 13.6. The summed E-state index contributed by atoms with van der Waals surface area (Å²) in [6, 6.07) is 5.18. The van der Waals surface area contributed by atoms with Crippen molar-refractivity contribution in [2.75, 3.05) is 5.32 Å². The average Bonchev–Trinajstić information content (AvgIpc) is 3.19. The molecule has 0 radical (unpaired) electrons. The third-order valence-corrected chi connectivity index (χ3v) is 5.30. The van der Waals surface area contributed by atoms with Gasteiger partial charge in [-0.1, -0.05) is 13.3 Å². The zero-order valence-electron chi connectivity index (χ0n) is 20.1. The van der Waals surface area contributed by atoms with Crippen molar-refractivity contribution in [1.82, 2.24) is 19.4 Å². The molecule has 4 rings (SSSR count). The van der Waals surface area contributed by atoms with Crippen molar-refractivity contribution in [2.24, 2.45) is 0 Å². The van der Waals surface area contributed by atoms with Gasteiger partial charge in [0.2, 0.25) is 0 Å². The van der Waals surface area contributed by atoms with E-state index in [0.717, 1.165) is 30.3 Å². The van der Waals surface area contributed by atoms with Gasteiger partial charge in [-0.05, 0) is 51.8 Å². The first-order valence-corrected chi connectivity index (χ1v) is 11.2. The fourth-order valence-corrected chi connectivity index (χ4v) is 3.85. The highest BCUT2D eigenvalue weighted by molar-refractivity contribution is 5.94. The molecule has 4 heterocycles. The highest BCUT2D eigenvalue weighted by Gasteiger charge is 2.34. The average molecular weight is 486 g/mol. The number of fused-ring (bicyclic) bond motifs is 3. The predicted octanol–water partition coefficient (Wildman–Crippen LogP) is 6.57. The van der Waals surface area contributed by atoms with Crippen molar-refractivity contribution in [3.63, 3.8) is 0 Å². The van der Waals surface area contributed by atoms with E-state index in [2.05, 4.69) is 27.2 Å². The summed E-state index contributed by atoms with van der Waals surface area (Å²) in [6.45, 7) is 9.13. The number of pyridine rings is 3. The Morgan fingerprint density at radius 3 is 2.46 bits per heavy atom. The van der Waals surface area contributed by atoms with Gasteiger partial charge < -0.3 is 4.74 Å². The van der Waals surface area contributed by atoms with Crippen LogP contribution in [0.5, 0.6) is 0 Å². The number of nitrogens with zero attached hydrogens (tertiary/aromatic N) is 4. The number of carbonyl (C=O) groups excluding carboxylic acids is 1. The second-order valence-electron chi connectivity index (χ2n) is 9.37. The largest absolute Gasteiger partial charge is 0.444 e. The van der Waals surface area contributed by atoms with Crippen LogP contribution in [0.3, 0.4) is 0 Å². The van der Waals surface area contributed by atoms with E-state index in [0.29, 0.717) is 22.0 Å². The third-order valence-electron chi connectivity index (χ3n) is 5.30. The first kappa shape index (κ1) is 24.4. The summed E-state index contributed by atoms with van der Waals surface area (Å²) in [5.74, 6) is 0.143. The molecule has 10 heteroatoms. The smallest absolute Gasteiger partial charge is 0.434 e. The van der Waals surface area contributed by atoms with Crippen molar-refractivity contribution >= 4 is 28.5 Å². The number of aryl methyl sites for hydroxylation is 2. The van der Waals surface area contributed by atoms with Crippen LogP contribution in [-0.2, 0) is 17.3 Å². The maximum absolute atomic E-state index is 13.6. The number of rotatable bonds is 4. The molecule has 0 aliphatic heterocycles. The standard InChI is InChI=1S/C25H26F3N5O2/c1-6-7-16-8-14(2)18(12-29-16)17-9-15-11-30-21(32-23(34)35-24(3,4)5)10-19(15)33-13-20(25(26,27)28)31-22(17)33/h8-13H,6-7H2,1-5H3,(H,30,32,34). The minimum Gasteiger partial charge on any atom is -0.444 e. The molecule has 0 bridgehead atoms. The lowest BCUT2D eigenvalue weighted by molar-refractivity contribution is -0.140. The van der Waals surface area contributed by atoms with Crippen LogP contribution in [0.4, 0.5) is 23.8 Å². The highest BCUT2D eigenvalue weighted by atomic mass is 19.4. The van der Waals surface area contributed by atoms with Gasteiger partial charge in [0.25, 0.3) is 0 Å². The summed E-state index contributed by atoms with van der Waals surface area (Å²) in [6.07, 6.45) is 0.528. The Morgan fingerprint density at radius 1 is 1.09 bits per heavy atom. The molecule has 4 aromatic rings. The van der Waals surface area contributed by atoms with Crippen LogP contribution >= 0.6 is 0 Å². The van der Waals surface area contributed by atoms with Crippen LogP contribution in [0, 0.1) is 6.92 Å². The normalized spacial score (nSPS) is 12.3. The first-order chi connectivity index (χ1) is 16.4. The number of alkyl halides is 3. The monoisotopic (exact) mass is 485 g/mol. The van der Waals surface area contributed by atoms with Crippen molar-refractivity contribution < 1.29 is 22.7 Å². The van der Waals surface area contributed by atoms with Gasteiger partial charge in [-0.3, -0.25) is 14.7 Å². The second kappa shape index (κ2) is 8.83. The molecule has 184 valence electrons. The minimum absolute atomic E-state index is 0.132. The van der Waals surface area contributed by atoms with Gasteiger partial charge in [0.05, 0.1) is 5.52 Å². The van der Waals surface area contributed by atoms with Crippen LogP contribution in [-0.4, -0.2) is 31.0 Å². The Balaban J connectivity index is 1.89. The van der Waals surface area contributed by atoms with Crippen molar-refractivity contribution in [1.29, 1.82) is 0 Å². The van der Waals surface area contributed by atoms with Gasteiger partial charge in [0.1, 0.15) is 17.1 Å². The minimum atomic E-state index is -4.63. The molecule has 0 atom stereocenters. The summed E-state index contributed by atoms with van der Waals surface area (Å²) in [7, 11) is 0. The Kier molecular flexibility index (Phi) is 6.16. The number of hydrogen-bond donors (Lipinski definition) is 1. The quantitative estimate of drug-likeness (QED) is 0.354. The van der Waals surface area contributed by atoms with E-state index in [1.54, 1.807) is 33.0 Å².